The largest absolute Gasteiger partial charge is 0.480 e. The van der Waals surface area contributed by atoms with E-state index in [-0.39, 0.29) is 17.2 Å². The molecule has 0 radical (unpaired) electrons. The van der Waals surface area contributed by atoms with Gasteiger partial charge in [0, 0.05) is 6.07 Å². The number of hydrogen-bond donors (Lipinski definition) is 2. The number of carboxylic acids is 1. The Balaban J connectivity index is 2.98. The van der Waals surface area contributed by atoms with Crippen molar-refractivity contribution in [2.45, 2.75) is 31.2 Å². The fourth-order valence-corrected chi connectivity index (χ4v) is 2.71. The van der Waals surface area contributed by atoms with Crippen LogP contribution < -0.4 is 4.72 Å². The molecular weight excluding hydrogens is 302 g/mol. The van der Waals surface area contributed by atoms with Gasteiger partial charge in [-0.3, -0.25) is 4.79 Å². The molecule has 1 aromatic rings. The summed E-state index contributed by atoms with van der Waals surface area (Å²) in [7, 11) is -4.11. The Bertz CT molecular complexity index is 626. The zero-order valence-corrected chi connectivity index (χ0v) is 12.2. The number of aliphatic carboxylic acids is 1. The molecule has 1 atom stereocenters. The minimum absolute atomic E-state index is 0.0243. The van der Waals surface area contributed by atoms with E-state index in [1.165, 1.54) is 0 Å². The number of sulfonamides is 1. The van der Waals surface area contributed by atoms with Crippen molar-refractivity contribution in [3.05, 3.63) is 28.4 Å². The lowest BCUT2D eigenvalue weighted by Gasteiger charge is -2.16. The third-order valence-corrected chi connectivity index (χ3v) is 3.98. The summed E-state index contributed by atoms with van der Waals surface area (Å²) in [6.45, 7) is 3.52. The zero-order valence-electron chi connectivity index (χ0n) is 11.4. The highest BCUT2D eigenvalue weighted by molar-refractivity contribution is 7.89. The first-order valence-corrected chi connectivity index (χ1v) is 7.47. The second kappa shape index (κ2) is 6.59. The van der Waals surface area contributed by atoms with E-state index in [1.807, 2.05) is 0 Å². The molecule has 10 heteroatoms. The van der Waals surface area contributed by atoms with Crippen LogP contribution in [-0.2, 0) is 14.8 Å². The Morgan fingerprint density at radius 2 is 2.10 bits per heavy atom. The highest BCUT2D eigenvalue weighted by Crippen LogP contribution is 2.14. The van der Waals surface area contributed by atoms with E-state index >= 15 is 0 Å². The molecule has 0 bridgehead atoms. The average molecular weight is 317 g/mol. The van der Waals surface area contributed by atoms with Gasteiger partial charge in [0.15, 0.2) is 6.20 Å². The molecule has 0 aliphatic rings. The van der Waals surface area contributed by atoms with Crippen molar-refractivity contribution in [2.24, 2.45) is 5.92 Å². The predicted molar refractivity (Wildman–Crippen MR) is 72.1 cm³/mol. The van der Waals surface area contributed by atoms with E-state index in [4.69, 9.17) is 5.11 Å². The summed E-state index contributed by atoms with van der Waals surface area (Å²) < 4.78 is 26.1. The predicted octanol–water partition coefficient (Wildman–Crippen LogP) is 0.767. The van der Waals surface area contributed by atoms with E-state index in [9.17, 15) is 23.3 Å². The van der Waals surface area contributed by atoms with Crippen LogP contribution in [0.1, 0.15) is 20.3 Å². The van der Waals surface area contributed by atoms with Gasteiger partial charge >= 0.3 is 11.8 Å². The molecule has 0 saturated carbocycles. The maximum Gasteiger partial charge on any atom is 0.363 e. The first kappa shape index (κ1) is 17.0. The van der Waals surface area contributed by atoms with Crippen molar-refractivity contribution >= 4 is 21.8 Å². The first-order valence-electron chi connectivity index (χ1n) is 5.99. The molecule has 0 saturated heterocycles. The van der Waals surface area contributed by atoms with Crippen LogP contribution in [0, 0.1) is 16.0 Å². The SMILES string of the molecule is CC(C)CC(NS(=O)(=O)c1ccc([N+](=O)[O-])nc1)C(=O)O. The van der Waals surface area contributed by atoms with E-state index in [1.54, 1.807) is 13.8 Å². The van der Waals surface area contributed by atoms with Crippen LogP contribution >= 0.6 is 0 Å². The standard InChI is InChI=1S/C11H15N3O6S/c1-7(2)5-9(11(15)16)13-21(19,20)8-3-4-10(12-6-8)14(17)18/h3-4,6-7,9,13H,5H2,1-2H3,(H,15,16). The van der Waals surface area contributed by atoms with E-state index in [2.05, 4.69) is 9.71 Å². The Kier molecular flexibility index (Phi) is 5.33. The van der Waals surface area contributed by atoms with Crippen LogP contribution in [0.4, 0.5) is 5.82 Å². The van der Waals surface area contributed by atoms with Crippen LogP contribution in [0.25, 0.3) is 0 Å². The molecule has 0 aliphatic carbocycles. The fourth-order valence-electron chi connectivity index (χ4n) is 1.57. The maximum atomic E-state index is 12.0. The van der Waals surface area contributed by atoms with Gasteiger partial charge in [-0.25, -0.2) is 8.42 Å². The van der Waals surface area contributed by atoms with Gasteiger partial charge in [-0.2, -0.15) is 4.72 Å². The lowest BCUT2D eigenvalue weighted by Crippen LogP contribution is -2.41. The number of pyridine rings is 1. The van der Waals surface area contributed by atoms with Crippen LogP contribution in [-0.4, -0.2) is 35.4 Å². The van der Waals surface area contributed by atoms with Gasteiger partial charge in [-0.15, -0.1) is 0 Å². The van der Waals surface area contributed by atoms with Crippen LogP contribution in [0.3, 0.4) is 0 Å². The van der Waals surface area contributed by atoms with Gasteiger partial charge in [0.25, 0.3) is 0 Å². The van der Waals surface area contributed by atoms with Crippen LogP contribution in [0.2, 0.25) is 0 Å². The van der Waals surface area contributed by atoms with E-state index in [0.29, 0.717) is 0 Å². The average Bonchev–Trinajstić information content (AvgIpc) is 2.37. The number of aromatic nitrogens is 1. The summed E-state index contributed by atoms with van der Waals surface area (Å²) in [6, 6.07) is 0.666. The molecule has 2 N–H and O–H groups in total. The molecule has 1 aromatic heterocycles. The van der Waals surface area contributed by atoms with Gasteiger partial charge < -0.3 is 15.2 Å². The molecule has 0 spiro atoms. The van der Waals surface area contributed by atoms with Crippen molar-refractivity contribution in [1.82, 2.24) is 9.71 Å². The molecule has 9 nitrogen and oxygen atoms in total. The van der Waals surface area contributed by atoms with Crippen molar-refractivity contribution in [2.75, 3.05) is 0 Å². The Hall–Kier alpha value is -2.07. The first-order chi connectivity index (χ1) is 9.63. The maximum absolute atomic E-state index is 12.0. The number of rotatable bonds is 7. The Labute approximate surface area is 121 Å². The second-order valence-corrected chi connectivity index (χ2v) is 6.46. The Morgan fingerprint density at radius 1 is 1.48 bits per heavy atom. The van der Waals surface area contributed by atoms with Crippen LogP contribution in [0.15, 0.2) is 23.2 Å². The number of nitrogens with one attached hydrogen (secondary N) is 1. The lowest BCUT2D eigenvalue weighted by molar-refractivity contribution is -0.389. The topological polar surface area (TPSA) is 140 Å². The van der Waals surface area contributed by atoms with E-state index in [0.717, 1.165) is 18.3 Å². The smallest absolute Gasteiger partial charge is 0.363 e. The number of carbonyl (C=O) groups is 1. The van der Waals surface area contributed by atoms with Crippen LogP contribution in [0.5, 0.6) is 0 Å². The molecule has 21 heavy (non-hydrogen) atoms. The summed E-state index contributed by atoms with van der Waals surface area (Å²) in [5.41, 5.74) is 0. The number of nitrogens with zero attached hydrogens (tertiary/aromatic N) is 2. The number of hydrogen-bond acceptors (Lipinski definition) is 6. The molecule has 0 amide bonds. The molecule has 1 unspecified atom stereocenters. The molecule has 0 fully saturated rings. The summed E-state index contributed by atoms with van der Waals surface area (Å²) >= 11 is 0. The molecule has 1 heterocycles. The van der Waals surface area contributed by atoms with Gasteiger partial charge in [0.05, 0.1) is 0 Å². The van der Waals surface area contributed by atoms with Crippen molar-refractivity contribution < 1.29 is 23.2 Å². The van der Waals surface area contributed by atoms with Crippen molar-refractivity contribution in [3.8, 4) is 0 Å². The summed E-state index contributed by atoms with van der Waals surface area (Å²) in [5.74, 6) is -1.81. The van der Waals surface area contributed by atoms with E-state index < -0.39 is 32.8 Å². The van der Waals surface area contributed by atoms with Gasteiger partial charge in [-0.1, -0.05) is 13.8 Å². The molecule has 0 aromatic carbocycles. The number of carboxylic acid groups (broad SMARTS) is 1. The minimum atomic E-state index is -4.11. The molecule has 0 aliphatic heterocycles. The van der Waals surface area contributed by atoms with Crippen molar-refractivity contribution in [1.29, 1.82) is 0 Å². The lowest BCUT2D eigenvalue weighted by atomic mass is 10.1. The monoisotopic (exact) mass is 317 g/mol. The normalized spacial score (nSPS) is 13.1. The highest BCUT2D eigenvalue weighted by Gasteiger charge is 2.27. The van der Waals surface area contributed by atoms with Gasteiger partial charge in [0.1, 0.15) is 10.9 Å². The zero-order chi connectivity index (χ0) is 16.2. The fraction of sp³-hybridized carbons (Fsp3) is 0.455. The van der Waals surface area contributed by atoms with Crippen molar-refractivity contribution in [3.63, 3.8) is 0 Å². The molecule has 1 rings (SSSR count). The molecule has 116 valence electrons. The minimum Gasteiger partial charge on any atom is -0.480 e. The Morgan fingerprint density at radius 3 is 2.48 bits per heavy atom. The number of nitro groups is 1. The summed E-state index contributed by atoms with van der Waals surface area (Å²) in [4.78, 5) is 23.8. The summed E-state index contributed by atoms with van der Waals surface area (Å²) in [6.07, 6.45) is 0.934. The third-order valence-electron chi connectivity index (χ3n) is 2.52. The summed E-state index contributed by atoms with van der Waals surface area (Å²) in [5, 5.41) is 19.5. The third kappa shape index (κ3) is 4.76. The molecular formula is C11H15N3O6S. The second-order valence-electron chi connectivity index (χ2n) is 4.75. The quantitative estimate of drug-likeness (QED) is 0.559. The van der Waals surface area contributed by atoms with Gasteiger partial charge in [-0.05, 0) is 28.3 Å². The van der Waals surface area contributed by atoms with Gasteiger partial charge in [0.2, 0.25) is 10.0 Å². The highest BCUT2D eigenvalue weighted by atomic mass is 32.2.